The van der Waals surface area contributed by atoms with E-state index in [0.717, 1.165) is 11.1 Å². The molecule has 0 saturated heterocycles. The lowest BCUT2D eigenvalue weighted by Crippen LogP contribution is -2.56. The number of unbranched alkanes of at least 4 members (excludes halogenated alkanes) is 1. The predicted molar refractivity (Wildman–Crippen MR) is 164 cm³/mol. The third-order valence-electron chi connectivity index (χ3n) is 7.30. The fourth-order valence-electron chi connectivity index (χ4n) is 4.98. The Morgan fingerprint density at radius 1 is 0.881 bits per heavy atom. The van der Waals surface area contributed by atoms with Crippen LogP contribution in [0, 0.1) is 0 Å². The van der Waals surface area contributed by atoms with E-state index in [1.807, 2.05) is 30.3 Å². The summed E-state index contributed by atoms with van der Waals surface area (Å²) in [6.07, 6.45) is 1.96. The molecule has 0 fully saturated rings. The first-order chi connectivity index (χ1) is 20.3. The van der Waals surface area contributed by atoms with Crippen molar-refractivity contribution in [1.82, 2.24) is 10.2 Å². The van der Waals surface area contributed by atoms with Gasteiger partial charge in [-0.1, -0.05) is 77.8 Å². The van der Waals surface area contributed by atoms with Crippen molar-refractivity contribution in [2.45, 2.75) is 57.2 Å². The maximum Gasteiger partial charge on any atom is 0.246 e. The van der Waals surface area contributed by atoms with Gasteiger partial charge in [-0.2, -0.15) is 0 Å². The van der Waals surface area contributed by atoms with Crippen molar-refractivity contribution in [2.75, 3.05) is 11.9 Å². The average Bonchev–Trinajstić information content (AvgIpc) is 3.00. The van der Waals surface area contributed by atoms with Crippen molar-refractivity contribution in [2.24, 2.45) is 5.73 Å². The maximum absolute atomic E-state index is 13.8. The Kier molecular flexibility index (Phi) is 11.1. The summed E-state index contributed by atoms with van der Waals surface area (Å²) in [4.78, 5) is 54.7. The Balaban J connectivity index is 1.50. The molecule has 4 N–H and O–H groups in total. The molecule has 10 heteroatoms. The van der Waals surface area contributed by atoms with Crippen molar-refractivity contribution < 1.29 is 19.2 Å². The summed E-state index contributed by atoms with van der Waals surface area (Å²) in [5.41, 5.74) is 8.55. The van der Waals surface area contributed by atoms with E-state index in [2.05, 4.69) is 10.6 Å². The molecule has 3 aromatic rings. The first-order valence-electron chi connectivity index (χ1n) is 14.0. The van der Waals surface area contributed by atoms with Crippen LogP contribution in [0.15, 0.2) is 72.8 Å². The number of nitrogens with zero attached hydrogens (tertiary/aromatic N) is 1. The number of rotatable bonds is 12. The first-order valence-corrected chi connectivity index (χ1v) is 14.7. The van der Waals surface area contributed by atoms with Crippen molar-refractivity contribution in [3.8, 4) is 0 Å². The maximum atomic E-state index is 13.8. The molecule has 1 aliphatic rings. The van der Waals surface area contributed by atoms with Gasteiger partial charge in [0.2, 0.25) is 17.7 Å². The molecule has 2 atom stereocenters. The van der Waals surface area contributed by atoms with Crippen molar-refractivity contribution in [3.05, 3.63) is 99.5 Å². The number of anilines is 1. The number of nitrogens with one attached hydrogen (secondary N) is 2. The van der Waals surface area contributed by atoms with Crippen LogP contribution >= 0.6 is 23.2 Å². The topological polar surface area (TPSA) is 122 Å². The average molecular weight is 610 g/mol. The second-order valence-electron chi connectivity index (χ2n) is 10.3. The van der Waals surface area contributed by atoms with E-state index < -0.39 is 23.9 Å². The lowest BCUT2D eigenvalue weighted by Gasteiger charge is -2.37. The van der Waals surface area contributed by atoms with Crippen LogP contribution in [-0.4, -0.2) is 47.0 Å². The SMILES string of the molecule is NCCCC[C@H](NC(=O)[C@@H]1Cc2ccccc2CN1C(=O)CCC(=O)c1ccccc1)C(=O)Nc1ccc(Cl)c(Cl)c1. The van der Waals surface area contributed by atoms with Crippen molar-refractivity contribution in [3.63, 3.8) is 0 Å². The lowest BCUT2D eigenvalue weighted by molar-refractivity contribution is -0.142. The zero-order valence-electron chi connectivity index (χ0n) is 23.2. The molecule has 1 aliphatic heterocycles. The summed E-state index contributed by atoms with van der Waals surface area (Å²) in [5.74, 6) is -1.29. The minimum Gasteiger partial charge on any atom is -0.342 e. The smallest absolute Gasteiger partial charge is 0.246 e. The van der Waals surface area contributed by atoms with Crippen LogP contribution in [-0.2, 0) is 27.3 Å². The number of carbonyl (C=O) groups is 4. The molecule has 4 rings (SSSR count). The largest absolute Gasteiger partial charge is 0.342 e. The molecule has 3 aromatic carbocycles. The Morgan fingerprint density at radius 3 is 2.31 bits per heavy atom. The van der Waals surface area contributed by atoms with E-state index >= 15 is 0 Å². The van der Waals surface area contributed by atoms with Crippen molar-refractivity contribution >= 4 is 52.4 Å². The van der Waals surface area contributed by atoms with E-state index in [-0.39, 0.29) is 31.1 Å². The second kappa shape index (κ2) is 15.0. The van der Waals surface area contributed by atoms with E-state index in [0.29, 0.717) is 53.5 Å². The van der Waals surface area contributed by atoms with Gasteiger partial charge in [-0.15, -0.1) is 0 Å². The van der Waals surface area contributed by atoms with Gasteiger partial charge in [0.05, 0.1) is 10.0 Å². The highest BCUT2D eigenvalue weighted by atomic mass is 35.5. The van der Waals surface area contributed by atoms with Crippen LogP contribution in [0.2, 0.25) is 10.0 Å². The molecular formula is C32H34Cl2N4O4. The normalized spacial score (nSPS) is 14.9. The van der Waals surface area contributed by atoms with Gasteiger partial charge in [0, 0.05) is 37.1 Å². The molecule has 0 unspecified atom stereocenters. The molecule has 0 saturated carbocycles. The number of benzene rings is 3. The monoisotopic (exact) mass is 608 g/mol. The minimum absolute atomic E-state index is 0.0303. The van der Waals surface area contributed by atoms with Gasteiger partial charge in [0.25, 0.3) is 0 Å². The molecule has 3 amide bonds. The fraction of sp³-hybridized carbons (Fsp3) is 0.312. The predicted octanol–water partition coefficient (Wildman–Crippen LogP) is 5.16. The standard InChI is InChI=1S/C32H34Cl2N4O4/c33-25-14-13-24(19-26(25)34)36-31(41)27(12-6-7-17-35)37-32(42)28-18-22-10-4-5-11-23(22)20-38(28)30(40)16-15-29(39)21-8-2-1-3-9-21/h1-5,8-11,13-14,19,27-28H,6-7,12,15-18,20,35H2,(H,36,41)(H,37,42)/t27-,28-/m0/s1. The highest BCUT2D eigenvalue weighted by Gasteiger charge is 2.36. The van der Waals surface area contributed by atoms with E-state index in [9.17, 15) is 19.2 Å². The number of nitrogens with two attached hydrogens (primary N) is 1. The number of Topliss-reactive ketones (excluding diaryl/α,β-unsaturated/α-hetero) is 1. The molecule has 0 spiro atoms. The van der Waals surface area contributed by atoms with Crippen LogP contribution in [0.5, 0.6) is 0 Å². The third-order valence-corrected chi connectivity index (χ3v) is 8.04. The van der Waals surface area contributed by atoms with Crippen LogP contribution in [0.3, 0.4) is 0 Å². The number of hydrogen-bond acceptors (Lipinski definition) is 5. The summed E-state index contributed by atoms with van der Waals surface area (Å²) in [6.45, 7) is 0.693. The first kappa shape index (κ1) is 31.2. The Labute approximate surface area is 255 Å². The van der Waals surface area contributed by atoms with E-state index in [4.69, 9.17) is 28.9 Å². The van der Waals surface area contributed by atoms with Gasteiger partial charge >= 0.3 is 0 Å². The molecule has 0 aromatic heterocycles. The van der Waals surface area contributed by atoms with Crippen LogP contribution < -0.4 is 16.4 Å². The van der Waals surface area contributed by atoms with E-state index in [1.54, 1.807) is 36.4 Å². The van der Waals surface area contributed by atoms with Gasteiger partial charge in [-0.3, -0.25) is 19.2 Å². The Bertz CT molecular complexity index is 1430. The number of ketones is 1. The Morgan fingerprint density at radius 2 is 1.60 bits per heavy atom. The second-order valence-corrected chi connectivity index (χ2v) is 11.1. The number of carbonyl (C=O) groups excluding carboxylic acids is 4. The number of halogens is 2. The number of fused-ring (bicyclic) bond motifs is 1. The Hall–Kier alpha value is -3.72. The fourth-order valence-corrected chi connectivity index (χ4v) is 5.28. The summed E-state index contributed by atoms with van der Waals surface area (Å²) >= 11 is 12.1. The molecular weight excluding hydrogens is 575 g/mol. The highest BCUT2D eigenvalue weighted by molar-refractivity contribution is 6.42. The number of hydrogen-bond donors (Lipinski definition) is 3. The van der Waals surface area contributed by atoms with Gasteiger partial charge in [-0.25, -0.2) is 0 Å². The zero-order valence-corrected chi connectivity index (χ0v) is 24.7. The van der Waals surface area contributed by atoms with Crippen LogP contribution in [0.4, 0.5) is 5.69 Å². The third kappa shape index (κ3) is 8.18. The minimum atomic E-state index is -0.868. The molecule has 1 heterocycles. The van der Waals surface area contributed by atoms with Gasteiger partial charge in [0.15, 0.2) is 5.78 Å². The van der Waals surface area contributed by atoms with E-state index in [1.165, 1.54) is 11.0 Å². The summed E-state index contributed by atoms with van der Waals surface area (Å²) < 4.78 is 0. The molecule has 0 aliphatic carbocycles. The van der Waals surface area contributed by atoms with Crippen LogP contribution in [0.25, 0.3) is 0 Å². The quantitative estimate of drug-likeness (QED) is 0.194. The van der Waals surface area contributed by atoms with Crippen LogP contribution in [0.1, 0.15) is 53.6 Å². The van der Waals surface area contributed by atoms with Gasteiger partial charge in [0.1, 0.15) is 12.1 Å². The van der Waals surface area contributed by atoms with Crippen molar-refractivity contribution in [1.29, 1.82) is 0 Å². The summed E-state index contributed by atoms with van der Waals surface area (Å²) in [5, 5.41) is 6.33. The molecule has 0 radical (unpaired) electrons. The molecule has 42 heavy (non-hydrogen) atoms. The molecule has 8 nitrogen and oxygen atoms in total. The summed E-state index contributed by atoms with van der Waals surface area (Å²) in [6, 6.07) is 19.5. The highest BCUT2D eigenvalue weighted by Crippen LogP contribution is 2.27. The molecule has 220 valence electrons. The summed E-state index contributed by atoms with van der Waals surface area (Å²) in [7, 11) is 0. The lowest BCUT2D eigenvalue weighted by atomic mass is 9.92. The zero-order chi connectivity index (χ0) is 30.1. The molecule has 0 bridgehead atoms. The van der Waals surface area contributed by atoms with Gasteiger partial charge in [-0.05, 0) is 55.1 Å². The van der Waals surface area contributed by atoms with Gasteiger partial charge < -0.3 is 21.3 Å². The number of amides is 3.